The van der Waals surface area contributed by atoms with Gasteiger partial charge < -0.3 is 14.3 Å². The summed E-state index contributed by atoms with van der Waals surface area (Å²) in [5, 5.41) is 0. The van der Waals surface area contributed by atoms with E-state index in [0.29, 0.717) is 19.3 Å². The normalized spacial score (nSPS) is 16.6. The van der Waals surface area contributed by atoms with Crippen molar-refractivity contribution in [3.8, 4) is 5.75 Å². The van der Waals surface area contributed by atoms with Gasteiger partial charge in [-0.1, -0.05) is 12.1 Å². The summed E-state index contributed by atoms with van der Waals surface area (Å²) < 4.78 is 10.5. The zero-order valence-corrected chi connectivity index (χ0v) is 11.1. The number of hydrogen-bond acceptors (Lipinski definition) is 4. The predicted molar refractivity (Wildman–Crippen MR) is 70.2 cm³/mol. The third-order valence-electron chi connectivity index (χ3n) is 3.39. The molecule has 0 saturated carbocycles. The van der Waals surface area contributed by atoms with E-state index in [4.69, 9.17) is 4.74 Å². The highest BCUT2D eigenvalue weighted by atomic mass is 16.5. The van der Waals surface area contributed by atoms with Crippen molar-refractivity contribution >= 4 is 12.3 Å². The first-order chi connectivity index (χ1) is 9.24. The third-order valence-corrected chi connectivity index (χ3v) is 3.39. The van der Waals surface area contributed by atoms with E-state index in [0.717, 1.165) is 30.4 Å². The number of aryl methyl sites for hydroxylation is 1. The van der Waals surface area contributed by atoms with Crippen LogP contribution in [-0.4, -0.2) is 25.5 Å². The van der Waals surface area contributed by atoms with E-state index in [1.165, 1.54) is 12.7 Å². The average Bonchev–Trinajstić information content (AvgIpc) is 2.85. The molecule has 0 N–H and O–H groups in total. The summed E-state index contributed by atoms with van der Waals surface area (Å²) in [6, 6.07) is 5.90. The Hall–Kier alpha value is -1.84. The standard InChI is InChI=1S/C15H18O4/c1-18-15(17)8-7-11-4-2-6-14-13(11)10-12(19-14)5-3-9-16/h2,4,6,9,12H,3,5,7-8,10H2,1H3. The second-order valence-electron chi connectivity index (χ2n) is 4.66. The fourth-order valence-electron chi connectivity index (χ4n) is 2.39. The molecular formula is C15H18O4. The molecule has 1 aromatic carbocycles. The lowest BCUT2D eigenvalue weighted by Crippen LogP contribution is -2.12. The minimum atomic E-state index is -0.200. The van der Waals surface area contributed by atoms with Crippen LogP contribution in [0.15, 0.2) is 18.2 Å². The molecule has 0 amide bonds. The first-order valence-electron chi connectivity index (χ1n) is 6.52. The zero-order chi connectivity index (χ0) is 13.7. The van der Waals surface area contributed by atoms with E-state index in [-0.39, 0.29) is 12.1 Å². The van der Waals surface area contributed by atoms with Crippen LogP contribution in [0.5, 0.6) is 5.75 Å². The molecule has 4 heteroatoms. The molecule has 0 aromatic heterocycles. The first-order valence-corrected chi connectivity index (χ1v) is 6.52. The van der Waals surface area contributed by atoms with Gasteiger partial charge in [-0.15, -0.1) is 0 Å². The minimum absolute atomic E-state index is 0.0828. The number of ether oxygens (including phenoxy) is 2. The number of carbonyl (C=O) groups is 2. The van der Waals surface area contributed by atoms with Crippen LogP contribution in [-0.2, 0) is 27.2 Å². The number of aldehydes is 1. The van der Waals surface area contributed by atoms with E-state index >= 15 is 0 Å². The summed E-state index contributed by atoms with van der Waals surface area (Å²) in [7, 11) is 1.40. The maximum Gasteiger partial charge on any atom is 0.305 e. The van der Waals surface area contributed by atoms with Gasteiger partial charge in [0.2, 0.25) is 0 Å². The Kier molecular flexibility index (Phi) is 4.55. The lowest BCUT2D eigenvalue weighted by atomic mass is 9.98. The van der Waals surface area contributed by atoms with E-state index in [1.54, 1.807) is 0 Å². The highest BCUT2D eigenvalue weighted by Crippen LogP contribution is 2.33. The Morgan fingerprint density at radius 3 is 3.11 bits per heavy atom. The molecule has 1 heterocycles. The van der Waals surface area contributed by atoms with E-state index in [2.05, 4.69) is 4.74 Å². The molecule has 1 atom stereocenters. The SMILES string of the molecule is COC(=O)CCc1cccc2c1CC(CCC=O)O2. The van der Waals surface area contributed by atoms with Crippen LogP contribution in [0.25, 0.3) is 0 Å². The number of esters is 1. The summed E-state index contributed by atoms with van der Waals surface area (Å²) in [5.41, 5.74) is 2.30. The van der Waals surface area contributed by atoms with E-state index in [9.17, 15) is 9.59 Å². The lowest BCUT2D eigenvalue weighted by Gasteiger charge is -2.07. The molecule has 0 fully saturated rings. The number of fused-ring (bicyclic) bond motifs is 1. The fraction of sp³-hybridized carbons (Fsp3) is 0.467. The van der Waals surface area contributed by atoms with Crippen molar-refractivity contribution in [2.75, 3.05) is 7.11 Å². The highest BCUT2D eigenvalue weighted by Gasteiger charge is 2.24. The largest absolute Gasteiger partial charge is 0.490 e. The van der Waals surface area contributed by atoms with Crippen LogP contribution in [0.4, 0.5) is 0 Å². The molecule has 0 saturated heterocycles. The molecule has 4 nitrogen and oxygen atoms in total. The van der Waals surface area contributed by atoms with Crippen LogP contribution in [0.3, 0.4) is 0 Å². The molecular weight excluding hydrogens is 244 g/mol. The van der Waals surface area contributed by atoms with Crippen molar-refractivity contribution in [3.63, 3.8) is 0 Å². The van der Waals surface area contributed by atoms with Crippen molar-refractivity contribution in [2.45, 2.75) is 38.2 Å². The molecule has 1 aliphatic rings. The molecule has 2 rings (SSSR count). The van der Waals surface area contributed by atoms with Gasteiger partial charge in [0.15, 0.2) is 0 Å². The topological polar surface area (TPSA) is 52.6 Å². The van der Waals surface area contributed by atoms with E-state index < -0.39 is 0 Å². The molecule has 0 bridgehead atoms. The maximum atomic E-state index is 11.2. The van der Waals surface area contributed by atoms with Gasteiger partial charge in [-0.05, 0) is 24.5 Å². The van der Waals surface area contributed by atoms with Gasteiger partial charge in [0, 0.05) is 24.8 Å². The quantitative estimate of drug-likeness (QED) is 0.582. The van der Waals surface area contributed by atoms with Gasteiger partial charge in [0.05, 0.1) is 7.11 Å². The molecule has 1 unspecified atom stereocenters. The number of benzene rings is 1. The van der Waals surface area contributed by atoms with Crippen molar-refractivity contribution in [1.82, 2.24) is 0 Å². The van der Waals surface area contributed by atoms with Crippen LogP contribution in [0.2, 0.25) is 0 Å². The van der Waals surface area contributed by atoms with Crippen LogP contribution in [0.1, 0.15) is 30.4 Å². The van der Waals surface area contributed by atoms with Crippen LogP contribution >= 0.6 is 0 Å². The highest BCUT2D eigenvalue weighted by molar-refractivity contribution is 5.69. The average molecular weight is 262 g/mol. The van der Waals surface area contributed by atoms with Crippen LogP contribution in [0, 0.1) is 0 Å². The first kappa shape index (κ1) is 13.6. The summed E-state index contributed by atoms with van der Waals surface area (Å²) in [6.07, 6.45) is 4.14. The van der Waals surface area contributed by atoms with Crippen molar-refractivity contribution < 1.29 is 19.1 Å². The number of methoxy groups -OCH3 is 1. The molecule has 0 radical (unpaired) electrons. The van der Waals surface area contributed by atoms with Gasteiger partial charge in [-0.3, -0.25) is 4.79 Å². The number of carbonyl (C=O) groups excluding carboxylic acids is 2. The fourth-order valence-corrected chi connectivity index (χ4v) is 2.39. The van der Waals surface area contributed by atoms with Gasteiger partial charge in [0.1, 0.15) is 18.1 Å². The Labute approximate surface area is 112 Å². The summed E-state index contributed by atoms with van der Waals surface area (Å²) in [5.74, 6) is 0.687. The third kappa shape index (κ3) is 3.34. The van der Waals surface area contributed by atoms with Gasteiger partial charge in [0.25, 0.3) is 0 Å². The molecule has 102 valence electrons. The van der Waals surface area contributed by atoms with Crippen molar-refractivity contribution in [1.29, 1.82) is 0 Å². The monoisotopic (exact) mass is 262 g/mol. The van der Waals surface area contributed by atoms with Crippen LogP contribution < -0.4 is 4.74 Å². The Balaban J connectivity index is 2.03. The Morgan fingerprint density at radius 1 is 1.53 bits per heavy atom. The van der Waals surface area contributed by atoms with Gasteiger partial charge in [-0.2, -0.15) is 0 Å². The summed E-state index contributed by atoms with van der Waals surface area (Å²) >= 11 is 0. The summed E-state index contributed by atoms with van der Waals surface area (Å²) in [6.45, 7) is 0. The second kappa shape index (κ2) is 6.36. The van der Waals surface area contributed by atoms with Crippen molar-refractivity contribution in [3.05, 3.63) is 29.3 Å². The smallest absolute Gasteiger partial charge is 0.305 e. The molecule has 1 aliphatic heterocycles. The second-order valence-corrected chi connectivity index (χ2v) is 4.66. The maximum absolute atomic E-state index is 11.2. The van der Waals surface area contributed by atoms with Gasteiger partial charge in [-0.25, -0.2) is 0 Å². The summed E-state index contributed by atoms with van der Waals surface area (Å²) in [4.78, 5) is 21.6. The zero-order valence-electron chi connectivity index (χ0n) is 11.1. The van der Waals surface area contributed by atoms with E-state index in [1.807, 2.05) is 18.2 Å². The molecule has 0 spiro atoms. The minimum Gasteiger partial charge on any atom is -0.490 e. The predicted octanol–water partition coefficient (Wildman–Crippen LogP) is 2.07. The number of hydrogen-bond donors (Lipinski definition) is 0. The molecule has 0 aliphatic carbocycles. The van der Waals surface area contributed by atoms with Gasteiger partial charge >= 0.3 is 5.97 Å². The molecule has 1 aromatic rings. The number of rotatable bonds is 6. The van der Waals surface area contributed by atoms with Crippen molar-refractivity contribution in [2.24, 2.45) is 0 Å². The molecule has 19 heavy (non-hydrogen) atoms. The Bertz CT molecular complexity index is 467. The Morgan fingerprint density at radius 2 is 2.37 bits per heavy atom. The lowest BCUT2D eigenvalue weighted by molar-refractivity contribution is -0.140.